The van der Waals surface area contributed by atoms with Crippen LogP contribution < -0.4 is 4.74 Å². The molecule has 3 rings (SSSR count). The molecule has 1 saturated heterocycles. The van der Waals surface area contributed by atoms with Crippen LogP contribution in [-0.4, -0.2) is 31.7 Å². The maximum Gasteiger partial charge on any atom is 0.163 e. The standard InChI is InChI=1S/C10H20O3.C7H6O/c1-5-11-7-9-8(2)6-12-10(3,4)13-9;1-2-6-4-7(3-1)8-5-6/h8-9H,5-7H2,1-4H3;1-4H,5H2. The second-order valence-electron chi connectivity index (χ2n) is 5.94. The van der Waals surface area contributed by atoms with Crippen LogP contribution in [0.15, 0.2) is 24.3 Å². The lowest BCUT2D eigenvalue weighted by atomic mass is 10.0. The first-order valence-corrected chi connectivity index (χ1v) is 7.61. The van der Waals surface area contributed by atoms with Crippen LogP contribution in [0.5, 0.6) is 5.75 Å². The number of fused-ring (bicyclic) bond motifs is 2. The van der Waals surface area contributed by atoms with Gasteiger partial charge in [-0.1, -0.05) is 19.1 Å². The van der Waals surface area contributed by atoms with E-state index < -0.39 is 5.79 Å². The number of hydrogen-bond donors (Lipinski definition) is 0. The van der Waals surface area contributed by atoms with E-state index in [1.165, 1.54) is 5.56 Å². The van der Waals surface area contributed by atoms with E-state index in [1.807, 2.05) is 32.9 Å². The van der Waals surface area contributed by atoms with Crippen LogP contribution in [0, 0.1) is 5.92 Å². The van der Waals surface area contributed by atoms with Crippen molar-refractivity contribution in [3.63, 3.8) is 0 Å². The Bertz CT molecular complexity index is 425. The molecule has 0 radical (unpaired) electrons. The molecule has 0 saturated carbocycles. The molecule has 0 aromatic heterocycles. The minimum absolute atomic E-state index is 0.170. The summed E-state index contributed by atoms with van der Waals surface area (Å²) in [6, 6.07) is 8.10. The monoisotopic (exact) mass is 294 g/mol. The number of rotatable bonds is 3. The Labute approximate surface area is 127 Å². The molecule has 1 aromatic rings. The molecule has 4 nitrogen and oxygen atoms in total. The average Bonchev–Trinajstić information content (AvgIpc) is 2.79. The Morgan fingerprint density at radius 1 is 1.33 bits per heavy atom. The van der Waals surface area contributed by atoms with Gasteiger partial charge >= 0.3 is 0 Å². The summed E-state index contributed by atoms with van der Waals surface area (Å²) in [6.07, 6.45) is 0.170. The number of benzene rings is 1. The Morgan fingerprint density at radius 3 is 2.81 bits per heavy atom. The van der Waals surface area contributed by atoms with Gasteiger partial charge in [0.2, 0.25) is 0 Å². The fourth-order valence-corrected chi connectivity index (χ4v) is 2.28. The molecular weight excluding hydrogens is 268 g/mol. The highest BCUT2D eigenvalue weighted by Gasteiger charge is 2.34. The molecule has 2 atom stereocenters. The van der Waals surface area contributed by atoms with Crippen molar-refractivity contribution in [2.45, 2.75) is 46.2 Å². The first-order valence-electron chi connectivity index (χ1n) is 7.61. The van der Waals surface area contributed by atoms with Crippen molar-refractivity contribution in [1.29, 1.82) is 0 Å². The van der Waals surface area contributed by atoms with Gasteiger partial charge in [0.25, 0.3) is 0 Å². The van der Waals surface area contributed by atoms with E-state index in [-0.39, 0.29) is 6.10 Å². The molecule has 2 unspecified atom stereocenters. The zero-order valence-electron chi connectivity index (χ0n) is 13.4. The molecule has 118 valence electrons. The second-order valence-corrected chi connectivity index (χ2v) is 5.94. The Hall–Kier alpha value is -1.10. The lowest BCUT2D eigenvalue weighted by molar-refractivity contribution is -0.297. The zero-order valence-corrected chi connectivity index (χ0v) is 13.4. The SMILES string of the molecule is CCOCC1OC(C)(C)OCC1C.c1cc2cc(c1)OC2. The van der Waals surface area contributed by atoms with Crippen molar-refractivity contribution < 1.29 is 18.9 Å². The molecular formula is C17H26O4. The number of ether oxygens (including phenoxy) is 4. The zero-order chi connectivity index (χ0) is 15.3. The summed E-state index contributed by atoms with van der Waals surface area (Å²) in [5.74, 6) is 0.968. The smallest absolute Gasteiger partial charge is 0.163 e. The first kappa shape index (κ1) is 16.3. The van der Waals surface area contributed by atoms with Gasteiger partial charge in [0.05, 0.1) is 19.3 Å². The van der Waals surface area contributed by atoms with Crippen LogP contribution in [0.1, 0.15) is 33.3 Å². The van der Waals surface area contributed by atoms with Crippen LogP contribution in [0.3, 0.4) is 0 Å². The minimum atomic E-state index is -0.450. The Morgan fingerprint density at radius 2 is 2.14 bits per heavy atom. The van der Waals surface area contributed by atoms with Crippen molar-refractivity contribution in [3.05, 3.63) is 29.8 Å². The fourth-order valence-electron chi connectivity index (χ4n) is 2.28. The molecule has 0 spiro atoms. The van der Waals surface area contributed by atoms with Gasteiger partial charge < -0.3 is 18.9 Å². The van der Waals surface area contributed by atoms with Gasteiger partial charge in [-0.05, 0) is 38.5 Å². The van der Waals surface area contributed by atoms with Crippen molar-refractivity contribution >= 4 is 0 Å². The Kier molecular flexibility index (Phi) is 5.62. The summed E-state index contributed by atoms with van der Waals surface area (Å²) in [6.45, 7) is 10.9. The molecule has 0 aliphatic carbocycles. The lowest BCUT2D eigenvalue weighted by Gasteiger charge is -2.39. The predicted molar refractivity (Wildman–Crippen MR) is 81.3 cm³/mol. The minimum Gasteiger partial charge on any atom is -0.489 e. The maximum atomic E-state index is 5.74. The van der Waals surface area contributed by atoms with Crippen molar-refractivity contribution in [2.75, 3.05) is 19.8 Å². The van der Waals surface area contributed by atoms with Gasteiger partial charge in [0, 0.05) is 12.5 Å². The average molecular weight is 294 g/mol. The summed E-state index contributed by atoms with van der Waals surface area (Å²) >= 11 is 0. The van der Waals surface area contributed by atoms with E-state index in [4.69, 9.17) is 18.9 Å². The van der Waals surface area contributed by atoms with E-state index in [9.17, 15) is 0 Å². The molecule has 2 aliphatic rings. The van der Waals surface area contributed by atoms with Crippen LogP contribution in [0.2, 0.25) is 0 Å². The normalized spacial score (nSPS) is 25.7. The van der Waals surface area contributed by atoms with E-state index in [2.05, 4.69) is 19.1 Å². The summed E-state index contributed by atoms with van der Waals surface area (Å²) in [7, 11) is 0. The van der Waals surface area contributed by atoms with Crippen molar-refractivity contribution in [2.24, 2.45) is 5.92 Å². The summed E-state index contributed by atoms with van der Waals surface area (Å²) in [5, 5.41) is 0. The number of hydrogen-bond acceptors (Lipinski definition) is 4. The molecule has 21 heavy (non-hydrogen) atoms. The van der Waals surface area contributed by atoms with Gasteiger partial charge in [0.15, 0.2) is 5.79 Å². The summed E-state index contributed by atoms with van der Waals surface area (Å²) < 4.78 is 21.8. The topological polar surface area (TPSA) is 36.9 Å². The molecule has 2 heterocycles. The predicted octanol–water partition coefficient (Wildman–Crippen LogP) is 3.39. The summed E-state index contributed by atoms with van der Waals surface area (Å²) in [5.41, 5.74) is 1.28. The van der Waals surface area contributed by atoms with E-state index in [0.717, 1.165) is 25.6 Å². The van der Waals surface area contributed by atoms with Gasteiger partial charge in [-0.2, -0.15) is 0 Å². The van der Waals surface area contributed by atoms with Gasteiger partial charge in [-0.15, -0.1) is 0 Å². The first-order chi connectivity index (χ1) is 10.00. The lowest BCUT2D eigenvalue weighted by Crippen LogP contribution is -2.46. The van der Waals surface area contributed by atoms with Crippen LogP contribution >= 0.6 is 0 Å². The third-order valence-corrected chi connectivity index (χ3v) is 3.55. The molecule has 0 amide bonds. The van der Waals surface area contributed by atoms with E-state index in [1.54, 1.807) is 0 Å². The largest absolute Gasteiger partial charge is 0.489 e. The van der Waals surface area contributed by atoms with Gasteiger partial charge in [-0.3, -0.25) is 0 Å². The molecule has 4 heteroatoms. The highest BCUT2D eigenvalue weighted by atomic mass is 16.7. The van der Waals surface area contributed by atoms with E-state index in [0.29, 0.717) is 12.5 Å². The highest BCUT2D eigenvalue weighted by Crippen LogP contribution is 2.25. The van der Waals surface area contributed by atoms with Crippen LogP contribution in [0.25, 0.3) is 0 Å². The third-order valence-electron chi connectivity index (χ3n) is 3.55. The Balaban J connectivity index is 0.000000170. The quantitative estimate of drug-likeness (QED) is 0.856. The van der Waals surface area contributed by atoms with Crippen molar-refractivity contribution in [3.8, 4) is 5.75 Å². The highest BCUT2D eigenvalue weighted by molar-refractivity contribution is 5.32. The van der Waals surface area contributed by atoms with Crippen LogP contribution in [-0.2, 0) is 20.8 Å². The van der Waals surface area contributed by atoms with E-state index >= 15 is 0 Å². The maximum absolute atomic E-state index is 5.74. The fraction of sp³-hybridized carbons (Fsp3) is 0.647. The van der Waals surface area contributed by atoms with Crippen LogP contribution in [0.4, 0.5) is 0 Å². The molecule has 0 N–H and O–H groups in total. The molecule has 1 aromatic carbocycles. The summed E-state index contributed by atoms with van der Waals surface area (Å²) in [4.78, 5) is 0. The third kappa shape index (κ3) is 4.99. The molecule has 1 fully saturated rings. The van der Waals surface area contributed by atoms with Crippen molar-refractivity contribution in [1.82, 2.24) is 0 Å². The van der Waals surface area contributed by atoms with Gasteiger partial charge in [0.1, 0.15) is 12.4 Å². The second kappa shape index (κ2) is 7.25. The molecule has 2 aliphatic heterocycles. The van der Waals surface area contributed by atoms with Gasteiger partial charge in [-0.25, -0.2) is 0 Å². The molecule has 2 bridgehead atoms.